The third-order valence-electron chi connectivity index (χ3n) is 13.9. The van der Waals surface area contributed by atoms with Crippen LogP contribution in [0, 0.1) is 0 Å². The number of nitrogens with one attached hydrogen (secondary N) is 2. The first kappa shape index (κ1) is 60.4. The Bertz CT molecular complexity index is 2530. The Kier molecular flexibility index (Phi) is 27.1. The Labute approximate surface area is 432 Å². The molecule has 15 heteroatoms. The second-order valence-corrected chi connectivity index (χ2v) is 22.4. The van der Waals surface area contributed by atoms with Gasteiger partial charge in [-0.05, 0) is 83.7 Å². The van der Waals surface area contributed by atoms with Crippen LogP contribution in [0.4, 0.5) is 5.69 Å². The first-order chi connectivity index (χ1) is 34.7. The molecule has 1 aliphatic carbocycles. The van der Waals surface area contributed by atoms with Gasteiger partial charge in [-0.1, -0.05) is 134 Å². The maximum atomic E-state index is 13.6. The molecular weight excluding hydrogens is 949 g/mol. The first-order valence-electron chi connectivity index (χ1n) is 27.4. The summed E-state index contributed by atoms with van der Waals surface area (Å²) in [5, 5.41) is 24.7. The molecule has 1 aliphatic heterocycles. The zero-order valence-corrected chi connectivity index (χ0v) is 45.9. The Balaban J connectivity index is 1.20. The zero-order valence-electron chi connectivity index (χ0n) is 44.3. The minimum Gasteiger partial charge on any atom is -0.456 e. The quantitative estimate of drug-likeness (QED) is 0.00955. The summed E-state index contributed by atoms with van der Waals surface area (Å²) in [5.41, 5.74) is 2.75. The van der Waals surface area contributed by atoms with Gasteiger partial charge in [0.25, 0.3) is 10.1 Å². The van der Waals surface area contributed by atoms with Gasteiger partial charge in [-0.2, -0.15) is 8.42 Å². The van der Waals surface area contributed by atoms with Crippen molar-refractivity contribution < 1.29 is 40.8 Å². The van der Waals surface area contributed by atoms with Gasteiger partial charge in [0.2, 0.25) is 21.3 Å². The van der Waals surface area contributed by atoms with Crippen LogP contribution in [0.1, 0.15) is 176 Å². The molecule has 0 saturated heterocycles. The van der Waals surface area contributed by atoms with Crippen LogP contribution in [0.5, 0.6) is 0 Å². The van der Waals surface area contributed by atoms with Crippen LogP contribution in [0.3, 0.4) is 0 Å². The highest BCUT2D eigenvalue weighted by Crippen LogP contribution is 2.43. The van der Waals surface area contributed by atoms with Gasteiger partial charge in [0.15, 0.2) is 0 Å². The van der Waals surface area contributed by atoms with E-state index in [-0.39, 0.29) is 29.5 Å². The summed E-state index contributed by atoms with van der Waals surface area (Å²) in [6.07, 6.45) is 26.1. The Morgan fingerprint density at radius 1 is 0.708 bits per heavy atom. The maximum absolute atomic E-state index is 13.6. The summed E-state index contributed by atoms with van der Waals surface area (Å²) < 4.78 is 75.3. The van der Waals surface area contributed by atoms with E-state index in [0.29, 0.717) is 40.7 Å². The third kappa shape index (κ3) is 19.3. The van der Waals surface area contributed by atoms with Gasteiger partial charge in [0.05, 0.1) is 29.7 Å². The van der Waals surface area contributed by atoms with Crippen LogP contribution >= 0.6 is 0 Å². The fraction of sp³-hybridized carbons (Fsp3) is 0.614. The molecule has 13 nitrogen and oxygen atoms in total. The molecule has 2 aromatic rings. The molecule has 0 fully saturated rings. The lowest BCUT2D eigenvalue weighted by Gasteiger charge is -2.22. The summed E-state index contributed by atoms with van der Waals surface area (Å²) >= 11 is 0. The van der Waals surface area contributed by atoms with Crippen molar-refractivity contribution in [2.24, 2.45) is 0 Å². The van der Waals surface area contributed by atoms with E-state index in [4.69, 9.17) is 4.42 Å². The zero-order chi connectivity index (χ0) is 52.4. The van der Waals surface area contributed by atoms with Gasteiger partial charge < -0.3 is 24.8 Å². The number of aliphatic hydroxyl groups excluding tert-OH is 2. The number of fused-ring (bicyclic) bond motifs is 2. The van der Waals surface area contributed by atoms with Gasteiger partial charge in [-0.15, -0.1) is 0 Å². The number of nitrogens with zero attached hydrogens (tertiary/aromatic N) is 2. The molecule has 2 atom stereocenters. The van der Waals surface area contributed by atoms with Crippen molar-refractivity contribution in [1.82, 2.24) is 14.6 Å². The van der Waals surface area contributed by atoms with E-state index < -0.39 is 37.2 Å². The molecule has 2 aliphatic rings. The number of hydrogen-bond acceptors (Lipinski definition) is 9. The van der Waals surface area contributed by atoms with Crippen molar-refractivity contribution in [1.29, 1.82) is 0 Å². The monoisotopic (exact) mass is 1040 g/mol. The van der Waals surface area contributed by atoms with E-state index >= 15 is 0 Å². The minimum absolute atomic E-state index is 0.162. The van der Waals surface area contributed by atoms with Crippen LogP contribution in [-0.4, -0.2) is 89.0 Å². The summed E-state index contributed by atoms with van der Waals surface area (Å²) in [4.78, 5) is 14.0. The smallest absolute Gasteiger partial charge is 0.295 e. The van der Waals surface area contributed by atoms with Crippen LogP contribution in [0.15, 0.2) is 81.0 Å². The van der Waals surface area contributed by atoms with E-state index in [2.05, 4.69) is 54.1 Å². The number of aliphatic hydroxyl groups is 2. The topological polar surface area (TPSA) is 189 Å². The van der Waals surface area contributed by atoms with Crippen molar-refractivity contribution >= 4 is 42.7 Å². The maximum Gasteiger partial charge on any atom is 0.295 e. The fourth-order valence-electron chi connectivity index (χ4n) is 9.57. The van der Waals surface area contributed by atoms with E-state index in [1.54, 1.807) is 6.08 Å². The number of benzene rings is 3. The molecule has 72 heavy (non-hydrogen) atoms. The SMILES string of the molecule is CCCCCCCCCCCCC/C=C/[C@@H](O)[C@H](CO)NC(=O)CCCCCCCCCCCNS(=O)(=O)c1ccc(-c2c3ccc(=[N+](CC)CC)cc-3oc3cc(N(CC)CC)ccc23)c(S(=O)(=O)O)c1. The highest BCUT2D eigenvalue weighted by Gasteiger charge is 2.27. The average Bonchev–Trinajstić information content (AvgIpc) is 3.36. The van der Waals surface area contributed by atoms with E-state index in [0.717, 1.165) is 107 Å². The number of carbonyl (C=O) groups excluding carboxylic acids is 1. The predicted octanol–water partition coefficient (Wildman–Crippen LogP) is 11.4. The standard InChI is InChI=1S/C57H88N4O9S2/c1-6-11-12-13-14-15-16-17-18-20-23-26-29-32-52(63)51(44-62)59-56(64)33-30-27-24-21-19-22-25-28-31-40-58-71(65,66)47-36-39-50(55(43-47)72(67,68)69)57-48-37-34-45(60(7-2)8-3)41-53(48)70-54-42-46(35-38-49(54)57)61(9-4)10-5/h29,32,34-39,41-43,51-52,58,62-63H,6-28,30-31,33,40,44H2,1-5H3,(H-,59,64,67,68,69)/p+1/b32-29+/t51-,52+/m0/s1. The fourth-order valence-corrected chi connectivity index (χ4v) is 11.5. The number of allylic oxidation sites excluding steroid dienone is 1. The number of sulfonamides is 1. The molecule has 0 unspecified atom stereocenters. The number of carbonyl (C=O) groups is 1. The second kappa shape index (κ2) is 32.2. The lowest BCUT2D eigenvalue weighted by atomic mass is 9.93. The molecule has 0 saturated carbocycles. The molecule has 0 spiro atoms. The molecule has 402 valence electrons. The Hall–Kier alpha value is -4.12. The summed E-state index contributed by atoms with van der Waals surface area (Å²) in [5.74, 6) is 0.355. The molecule has 0 radical (unpaired) electrons. The molecule has 1 heterocycles. The number of hydrogen-bond donors (Lipinski definition) is 5. The van der Waals surface area contributed by atoms with Gasteiger partial charge in [0, 0.05) is 66.0 Å². The van der Waals surface area contributed by atoms with Gasteiger partial charge in [0.1, 0.15) is 29.3 Å². The molecule has 1 amide bonds. The van der Waals surface area contributed by atoms with Crippen LogP contribution < -0.4 is 24.9 Å². The van der Waals surface area contributed by atoms with Crippen molar-refractivity contribution in [2.45, 2.75) is 198 Å². The third-order valence-corrected chi connectivity index (χ3v) is 16.2. The largest absolute Gasteiger partial charge is 0.456 e. The van der Waals surface area contributed by atoms with Crippen molar-refractivity contribution in [3.05, 3.63) is 72.1 Å². The first-order valence-corrected chi connectivity index (χ1v) is 30.3. The van der Waals surface area contributed by atoms with E-state index in [1.165, 1.54) is 76.3 Å². The minimum atomic E-state index is -4.90. The van der Waals surface area contributed by atoms with E-state index in [1.807, 2.05) is 42.5 Å². The summed E-state index contributed by atoms with van der Waals surface area (Å²) in [6.45, 7) is 13.5. The number of anilines is 1. The molecule has 5 N–H and O–H groups in total. The van der Waals surface area contributed by atoms with Gasteiger partial charge >= 0.3 is 0 Å². The lowest BCUT2D eigenvalue weighted by Crippen LogP contribution is -2.45. The molecule has 0 aromatic heterocycles. The normalized spacial score (nSPS) is 13.1. The predicted molar refractivity (Wildman–Crippen MR) is 295 cm³/mol. The van der Waals surface area contributed by atoms with Crippen molar-refractivity contribution in [3.63, 3.8) is 0 Å². The van der Waals surface area contributed by atoms with Crippen molar-refractivity contribution in [2.75, 3.05) is 44.2 Å². The molecule has 2 aromatic carbocycles. The average molecular weight is 1040 g/mol. The highest BCUT2D eigenvalue weighted by molar-refractivity contribution is 7.89. The van der Waals surface area contributed by atoms with Crippen molar-refractivity contribution in [3.8, 4) is 22.5 Å². The van der Waals surface area contributed by atoms with Crippen LogP contribution in [0.2, 0.25) is 0 Å². The van der Waals surface area contributed by atoms with Crippen LogP contribution in [0.25, 0.3) is 33.4 Å². The number of unbranched alkanes of at least 4 members (excludes halogenated alkanes) is 19. The van der Waals surface area contributed by atoms with Gasteiger partial charge in [-0.3, -0.25) is 9.35 Å². The Morgan fingerprint density at radius 2 is 1.29 bits per heavy atom. The molecular formula is C57H89N4O9S2+. The molecule has 4 rings (SSSR count). The lowest BCUT2D eigenvalue weighted by molar-refractivity contribution is -0.123. The summed E-state index contributed by atoms with van der Waals surface area (Å²) in [6, 6.07) is 14.7. The highest BCUT2D eigenvalue weighted by atomic mass is 32.2. The second-order valence-electron chi connectivity index (χ2n) is 19.2. The van der Waals surface area contributed by atoms with Crippen LogP contribution in [-0.2, 0) is 24.9 Å². The molecule has 0 bridgehead atoms. The summed E-state index contributed by atoms with van der Waals surface area (Å²) in [7, 11) is -9.03. The Morgan fingerprint density at radius 3 is 1.88 bits per heavy atom. The van der Waals surface area contributed by atoms with E-state index in [9.17, 15) is 36.4 Å². The number of amides is 1. The number of rotatable bonds is 37. The van der Waals surface area contributed by atoms with Gasteiger partial charge in [-0.25, -0.2) is 17.7 Å².